The largest absolute Gasteiger partial charge is 0.431 e. The Balaban J connectivity index is 6.21. The van der Waals surface area contributed by atoms with Crippen molar-refractivity contribution in [3.63, 3.8) is 0 Å². The van der Waals surface area contributed by atoms with Gasteiger partial charge in [0.25, 0.3) is 5.67 Å². The van der Waals surface area contributed by atoms with Crippen LogP contribution < -0.4 is 0 Å². The van der Waals surface area contributed by atoms with Gasteiger partial charge in [-0.05, 0) is 5.92 Å². The van der Waals surface area contributed by atoms with Crippen molar-refractivity contribution >= 4 is 0 Å². The Morgan fingerprint density at radius 2 is 0.880 bits per heavy atom. The summed E-state index contributed by atoms with van der Waals surface area (Å²) in [6.45, 7) is 0. The molecule has 0 aromatic rings. The van der Waals surface area contributed by atoms with Crippen molar-refractivity contribution in [1.29, 1.82) is 0 Å². The van der Waals surface area contributed by atoms with Gasteiger partial charge in [-0.1, -0.05) is 0 Å². The summed E-state index contributed by atoms with van der Waals surface area (Å²) >= 11 is 0. The first kappa shape index (κ1) is 23.9. The summed E-state index contributed by atoms with van der Waals surface area (Å²) < 4.78 is 186. The lowest BCUT2D eigenvalue weighted by Crippen LogP contribution is -2.56. The predicted octanol–water partition coefficient (Wildman–Crippen LogP) is 6.22. The summed E-state index contributed by atoms with van der Waals surface area (Å²) in [5, 5.41) is 0. The van der Waals surface area contributed by atoms with Gasteiger partial charge in [0.2, 0.25) is 6.43 Å². The summed E-state index contributed by atoms with van der Waals surface area (Å²) in [5.41, 5.74) is -6.53. The first-order valence-corrected chi connectivity index (χ1v) is 5.88. The highest BCUT2D eigenvalue weighted by Gasteiger charge is 2.74. The molecule has 15 heteroatoms. The molecule has 1 unspecified atom stereocenters. The maximum Gasteiger partial charge on any atom is 0.431 e. The summed E-state index contributed by atoms with van der Waals surface area (Å²) in [5.74, 6) is -9.07. The zero-order chi connectivity index (χ0) is 20.6. The molecule has 0 saturated carbocycles. The highest BCUT2D eigenvalue weighted by molar-refractivity contribution is 4.98. The van der Waals surface area contributed by atoms with Gasteiger partial charge in [0.15, 0.2) is 5.92 Å². The summed E-state index contributed by atoms with van der Waals surface area (Å²) in [6, 6.07) is 0. The molecule has 0 saturated heterocycles. The normalized spacial score (nSPS) is 16.7. The van der Waals surface area contributed by atoms with Crippen molar-refractivity contribution in [2.24, 2.45) is 11.8 Å². The van der Waals surface area contributed by atoms with E-state index >= 15 is 0 Å². The fourth-order valence-corrected chi connectivity index (χ4v) is 2.04. The van der Waals surface area contributed by atoms with E-state index < -0.39 is 61.5 Å². The van der Waals surface area contributed by atoms with Crippen LogP contribution in [0.5, 0.6) is 0 Å². The molecule has 0 bridgehead atoms. The van der Waals surface area contributed by atoms with E-state index in [9.17, 15) is 65.9 Å². The highest BCUT2D eigenvalue weighted by Crippen LogP contribution is 2.54. The third-order valence-corrected chi connectivity index (χ3v) is 3.10. The number of halogens is 15. The van der Waals surface area contributed by atoms with Crippen LogP contribution in [0.1, 0.15) is 12.8 Å². The van der Waals surface area contributed by atoms with Crippen molar-refractivity contribution in [1.82, 2.24) is 0 Å². The van der Waals surface area contributed by atoms with Crippen LogP contribution in [0.2, 0.25) is 0 Å². The highest BCUT2D eigenvalue weighted by atomic mass is 19.4. The van der Waals surface area contributed by atoms with Crippen LogP contribution in [0.4, 0.5) is 65.9 Å². The lowest BCUT2D eigenvalue weighted by atomic mass is 9.79. The average molecular weight is 412 g/mol. The minimum Gasteiger partial charge on any atom is -0.224 e. The van der Waals surface area contributed by atoms with E-state index in [0.717, 1.165) is 0 Å². The number of hydrogen-bond acceptors (Lipinski definition) is 0. The molecule has 25 heavy (non-hydrogen) atoms. The Morgan fingerprint density at radius 1 is 0.560 bits per heavy atom. The number of hydrogen-bond donors (Lipinski definition) is 0. The van der Waals surface area contributed by atoms with Crippen molar-refractivity contribution in [3.8, 4) is 0 Å². The molecule has 1 atom stereocenters. The van der Waals surface area contributed by atoms with Crippen molar-refractivity contribution in [3.05, 3.63) is 0 Å². The summed E-state index contributed by atoms with van der Waals surface area (Å²) in [7, 11) is 0. The van der Waals surface area contributed by atoms with Gasteiger partial charge in [0.05, 0.1) is 0 Å². The third-order valence-electron chi connectivity index (χ3n) is 3.10. The van der Waals surface area contributed by atoms with Gasteiger partial charge >= 0.3 is 24.7 Å². The topological polar surface area (TPSA) is 0 Å². The molecule has 0 aromatic carbocycles. The SMILES string of the molecule is FC(F)CC(CC(F)(C(F)(F)F)C(F)(F)F)C(C(F)(F)F)C(F)(F)F. The first-order chi connectivity index (χ1) is 10.6. The fourth-order valence-electron chi connectivity index (χ4n) is 2.04. The molecule has 0 nitrogen and oxygen atoms in total. The minimum atomic E-state index is -6.98. The van der Waals surface area contributed by atoms with E-state index in [1.54, 1.807) is 0 Å². The Hall–Kier alpha value is -1.05. The van der Waals surface area contributed by atoms with Crippen LogP contribution in [0, 0.1) is 11.8 Å². The molecular weight excluding hydrogens is 405 g/mol. The van der Waals surface area contributed by atoms with Crippen LogP contribution in [0.15, 0.2) is 0 Å². The van der Waals surface area contributed by atoms with E-state index in [0.29, 0.717) is 0 Å². The molecule has 0 aromatic heterocycles. The van der Waals surface area contributed by atoms with Crippen LogP contribution in [-0.4, -0.2) is 36.8 Å². The molecule has 0 heterocycles. The van der Waals surface area contributed by atoms with Crippen molar-refractivity contribution in [2.75, 3.05) is 0 Å². The maximum atomic E-state index is 13.4. The van der Waals surface area contributed by atoms with E-state index in [1.807, 2.05) is 0 Å². The second-order valence-electron chi connectivity index (χ2n) is 4.95. The standard InChI is InChI=1S/C10H7F15/c11-4(12)1-3(5(7(14,15)16)8(17,18)19)2-6(13,9(20,21)22)10(23,24)25/h3-5H,1-2H2. The molecule has 0 fully saturated rings. The Bertz CT molecular complexity index is 394. The Labute approximate surface area is 129 Å². The zero-order valence-corrected chi connectivity index (χ0v) is 11.3. The number of alkyl halides is 15. The van der Waals surface area contributed by atoms with Gasteiger partial charge in [0.1, 0.15) is 0 Å². The summed E-state index contributed by atoms with van der Waals surface area (Å²) in [4.78, 5) is 0. The molecule has 0 aliphatic rings. The molecule has 0 rings (SSSR count). The van der Waals surface area contributed by atoms with Gasteiger partial charge in [-0.3, -0.25) is 0 Å². The lowest BCUT2D eigenvalue weighted by Gasteiger charge is -2.37. The van der Waals surface area contributed by atoms with Crippen molar-refractivity contribution in [2.45, 2.75) is 49.6 Å². The van der Waals surface area contributed by atoms with E-state index in [1.165, 1.54) is 0 Å². The molecule has 152 valence electrons. The molecule has 0 amide bonds. The second-order valence-corrected chi connectivity index (χ2v) is 4.95. The molecular formula is C10H7F15. The van der Waals surface area contributed by atoms with Gasteiger partial charge in [0, 0.05) is 12.8 Å². The van der Waals surface area contributed by atoms with Crippen LogP contribution in [0.3, 0.4) is 0 Å². The van der Waals surface area contributed by atoms with Gasteiger partial charge in [-0.25, -0.2) is 13.2 Å². The predicted molar refractivity (Wildman–Crippen MR) is 50.3 cm³/mol. The molecule has 0 spiro atoms. The van der Waals surface area contributed by atoms with Gasteiger partial charge in [-0.15, -0.1) is 0 Å². The molecule has 0 aliphatic carbocycles. The van der Waals surface area contributed by atoms with E-state index in [2.05, 4.69) is 0 Å². The fraction of sp³-hybridized carbons (Fsp3) is 1.00. The average Bonchev–Trinajstić information content (AvgIpc) is 2.19. The molecule has 0 aliphatic heterocycles. The molecule has 0 radical (unpaired) electrons. The second kappa shape index (κ2) is 6.93. The summed E-state index contributed by atoms with van der Waals surface area (Å²) in [6.07, 6.45) is -37.4. The van der Waals surface area contributed by atoms with Gasteiger partial charge in [-0.2, -0.15) is 52.7 Å². The zero-order valence-electron chi connectivity index (χ0n) is 11.3. The Kier molecular flexibility index (Phi) is 6.64. The smallest absolute Gasteiger partial charge is 0.224 e. The third kappa shape index (κ3) is 5.72. The van der Waals surface area contributed by atoms with E-state index in [-0.39, 0.29) is 0 Å². The quantitative estimate of drug-likeness (QED) is 0.471. The van der Waals surface area contributed by atoms with Gasteiger partial charge < -0.3 is 0 Å². The van der Waals surface area contributed by atoms with Crippen LogP contribution in [0.25, 0.3) is 0 Å². The Morgan fingerprint density at radius 3 is 1.08 bits per heavy atom. The molecule has 0 N–H and O–H groups in total. The lowest BCUT2D eigenvalue weighted by molar-refractivity contribution is -0.357. The maximum absolute atomic E-state index is 13.4. The van der Waals surface area contributed by atoms with Crippen molar-refractivity contribution < 1.29 is 65.9 Å². The van der Waals surface area contributed by atoms with Crippen LogP contribution >= 0.6 is 0 Å². The minimum absolute atomic E-state index is 2.68. The van der Waals surface area contributed by atoms with Crippen LogP contribution in [-0.2, 0) is 0 Å². The van der Waals surface area contributed by atoms with E-state index in [4.69, 9.17) is 0 Å². The number of rotatable bonds is 5. The monoisotopic (exact) mass is 412 g/mol. The first-order valence-electron chi connectivity index (χ1n) is 5.88.